The van der Waals surface area contributed by atoms with Gasteiger partial charge in [-0.3, -0.25) is 0 Å². The molecule has 0 spiro atoms. The first-order valence-corrected chi connectivity index (χ1v) is 7.12. The van der Waals surface area contributed by atoms with Gasteiger partial charge in [-0.15, -0.1) is 11.3 Å². The first-order chi connectivity index (χ1) is 8.29. The van der Waals surface area contributed by atoms with Gasteiger partial charge in [-0.25, -0.2) is 4.98 Å². The molecule has 1 atom stereocenters. The Balaban J connectivity index is 1.88. The Morgan fingerprint density at radius 2 is 2.53 bits per heavy atom. The lowest BCUT2D eigenvalue weighted by molar-refractivity contribution is -0.0210. The van der Waals surface area contributed by atoms with Crippen molar-refractivity contribution in [3.8, 4) is 0 Å². The third-order valence-corrected chi connectivity index (χ3v) is 3.83. The molecule has 0 saturated carbocycles. The second kappa shape index (κ2) is 6.44. The Kier molecular flexibility index (Phi) is 4.91. The van der Waals surface area contributed by atoms with E-state index in [1.54, 1.807) is 11.3 Å². The molecule has 0 bridgehead atoms. The van der Waals surface area contributed by atoms with Gasteiger partial charge in [0.2, 0.25) is 0 Å². The van der Waals surface area contributed by atoms with Gasteiger partial charge in [0.15, 0.2) is 0 Å². The number of hydrogen-bond acceptors (Lipinski definition) is 5. The SMILES string of the molecule is CCCNCc1csc(C2CN(C)CCO2)n1. The van der Waals surface area contributed by atoms with Crippen LogP contribution < -0.4 is 5.32 Å². The van der Waals surface area contributed by atoms with Crippen LogP contribution in [0, 0.1) is 0 Å². The van der Waals surface area contributed by atoms with Crippen LogP contribution in [0.4, 0.5) is 0 Å². The summed E-state index contributed by atoms with van der Waals surface area (Å²) in [5.74, 6) is 0. The van der Waals surface area contributed by atoms with Crippen molar-refractivity contribution in [1.82, 2.24) is 15.2 Å². The molecule has 2 heterocycles. The molecule has 1 fully saturated rings. The fraction of sp³-hybridized carbons (Fsp3) is 0.750. The van der Waals surface area contributed by atoms with E-state index in [0.29, 0.717) is 0 Å². The number of nitrogens with one attached hydrogen (secondary N) is 1. The molecule has 1 aliphatic heterocycles. The zero-order valence-electron chi connectivity index (χ0n) is 10.6. The minimum atomic E-state index is 0.165. The summed E-state index contributed by atoms with van der Waals surface area (Å²) < 4.78 is 5.76. The molecule has 5 heteroatoms. The van der Waals surface area contributed by atoms with Gasteiger partial charge in [-0.2, -0.15) is 0 Å². The standard InChI is InChI=1S/C12H21N3OS/c1-3-4-13-7-10-9-17-12(14-10)11-8-15(2)5-6-16-11/h9,11,13H,3-8H2,1-2H3. The van der Waals surface area contributed by atoms with Gasteiger partial charge in [0, 0.05) is 25.0 Å². The van der Waals surface area contributed by atoms with Gasteiger partial charge in [-0.1, -0.05) is 6.92 Å². The van der Waals surface area contributed by atoms with Crippen molar-refractivity contribution in [3.63, 3.8) is 0 Å². The van der Waals surface area contributed by atoms with Crippen LogP contribution in [0.2, 0.25) is 0 Å². The quantitative estimate of drug-likeness (QED) is 0.812. The fourth-order valence-electron chi connectivity index (χ4n) is 1.87. The summed E-state index contributed by atoms with van der Waals surface area (Å²) in [4.78, 5) is 6.94. The highest BCUT2D eigenvalue weighted by atomic mass is 32.1. The Hall–Kier alpha value is -0.490. The minimum Gasteiger partial charge on any atom is -0.368 e. The zero-order valence-corrected chi connectivity index (χ0v) is 11.4. The lowest BCUT2D eigenvalue weighted by Gasteiger charge is -2.28. The maximum Gasteiger partial charge on any atom is 0.123 e. The third-order valence-electron chi connectivity index (χ3n) is 2.85. The van der Waals surface area contributed by atoms with E-state index in [-0.39, 0.29) is 6.10 Å². The Morgan fingerprint density at radius 1 is 1.65 bits per heavy atom. The topological polar surface area (TPSA) is 37.4 Å². The molecule has 0 radical (unpaired) electrons. The maximum absolute atomic E-state index is 5.76. The molecule has 2 rings (SSSR count). The van der Waals surface area contributed by atoms with Crippen LogP contribution in [0.1, 0.15) is 30.2 Å². The van der Waals surface area contributed by atoms with Gasteiger partial charge in [0.05, 0.1) is 12.3 Å². The van der Waals surface area contributed by atoms with Gasteiger partial charge in [0.1, 0.15) is 11.1 Å². The van der Waals surface area contributed by atoms with Crippen molar-refractivity contribution < 1.29 is 4.74 Å². The Bertz CT molecular complexity index is 342. The predicted molar refractivity (Wildman–Crippen MR) is 70.3 cm³/mol. The molecular formula is C12H21N3OS. The number of nitrogens with zero attached hydrogens (tertiary/aromatic N) is 2. The van der Waals surface area contributed by atoms with Gasteiger partial charge < -0.3 is 15.0 Å². The van der Waals surface area contributed by atoms with E-state index in [9.17, 15) is 0 Å². The molecular weight excluding hydrogens is 234 g/mol. The van der Waals surface area contributed by atoms with Crippen LogP contribution in [0.15, 0.2) is 5.38 Å². The van der Waals surface area contributed by atoms with Crippen LogP contribution in [0.25, 0.3) is 0 Å². The zero-order chi connectivity index (χ0) is 12.1. The first kappa shape index (κ1) is 13.0. The van der Waals surface area contributed by atoms with E-state index in [1.165, 1.54) is 0 Å². The van der Waals surface area contributed by atoms with Crippen molar-refractivity contribution in [3.05, 3.63) is 16.1 Å². The average molecular weight is 255 g/mol. The van der Waals surface area contributed by atoms with Gasteiger partial charge in [0.25, 0.3) is 0 Å². The summed E-state index contributed by atoms with van der Waals surface area (Å²) in [5.41, 5.74) is 1.13. The highest BCUT2D eigenvalue weighted by molar-refractivity contribution is 7.09. The molecule has 4 nitrogen and oxygen atoms in total. The second-order valence-electron chi connectivity index (χ2n) is 4.48. The highest BCUT2D eigenvalue weighted by Gasteiger charge is 2.22. The largest absolute Gasteiger partial charge is 0.368 e. The van der Waals surface area contributed by atoms with Crippen molar-refractivity contribution >= 4 is 11.3 Å². The smallest absolute Gasteiger partial charge is 0.123 e. The van der Waals surface area contributed by atoms with Crippen molar-refractivity contribution in [2.24, 2.45) is 0 Å². The van der Waals surface area contributed by atoms with E-state index < -0.39 is 0 Å². The molecule has 0 aliphatic carbocycles. The van der Waals surface area contributed by atoms with Crippen LogP contribution >= 0.6 is 11.3 Å². The molecule has 17 heavy (non-hydrogen) atoms. The second-order valence-corrected chi connectivity index (χ2v) is 5.37. The number of thiazole rings is 1. The molecule has 96 valence electrons. The fourth-order valence-corrected chi connectivity index (χ4v) is 2.73. The van der Waals surface area contributed by atoms with Crippen LogP contribution in [-0.4, -0.2) is 43.2 Å². The number of morpholine rings is 1. The number of hydrogen-bond donors (Lipinski definition) is 1. The summed E-state index contributed by atoms with van der Waals surface area (Å²) >= 11 is 1.71. The summed E-state index contributed by atoms with van der Waals surface area (Å²) in [5, 5.41) is 6.62. The van der Waals surface area contributed by atoms with Crippen LogP contribution in [-0.2, 0) is 11.3 Å². The van der Waals surface area contributed by atoms with Gasteiger partial charge in [-0.05, 0) is 20.0 Å². The number of rotatable bonds is 5. The van der Waals surface area contributed by atoms with E-state index >= 15 is 0 Å². The molecule has 1 saturated heterocycles. The van der Waals surface area contributed by atoms with E-state index in [0.717, 1.165) is 49.9 Å². The first-order valence-electron chi connectivity index (χ1n) is 6.24. The van der Waals surface area contributed by atoms with E-state index in [4.69, 9.17) is 4.74 Å². The lowest BCUT2D eigenvalue weighted by atomic mass is 10.3. The maximum atomic E-state index is 5.76. The lowest BCUT2D eigenvalue weighted by Crippen LogP contribution is -2.35. The molecule has 0 aromatic carbocycles. The molecule has 1 aliphatic rings. The third kappa shape index (κ3) is 3.74. The summed E-state index contributed by atoms with van der Waals surface area (Å²) in [6, 6.07) is 0. The van der Waals surface area contributed by atoms with Gasteiger partial charge >= 0.3 is 0 Å². The summed E-state index contributed by atoms with van der Waals surface area (Å²) in [7, 11) is 2.13. The molecule has 0 amide bonds. The highest BCUT2D eigenvalue weighted by Crippen LogP contribution is 2.24. The predicted octanol–water partition coefficient (Wildman–Crippen LogP) is 1.65. The molecule has 1 aromatic rings. The van der Waals surface area contributed by atoms with Crippen LogP contribution in [0.5, 0.6) is 0 Å². The molecule has 1 aromatic heterocycles. The number of aromatic nitrogens is 1. The van der Waals surface area contributed by atoms with E-state index in [1.807, 2.05) is 0 Å². The normalized spacial score (nSPS) is 21.9. The Labute approximate surface area is 107 Å². The molecule has 1 unspecified atom stereocenters. The van der Waals surface area contributed by atoms with Crippen LogP contribution in [0.3, 0.4) is 0 Å². The Morgan fingerprint density at radius 3 is 3.29 bits per heavy atom. The van der Waals surface area contributed by atoms with E-state index in [2.05, 4.69) is 34.6 Å². The minimum absolute atomic E-state index is 0.165. The van der Waals surface area contributed by atoms with Crippen molar-refractivity contribution in [1.29, 1.82) is 0 Å². The number of likely N-dealkylation sites (N-methyl/N-ethyl adjacent to an activating group) is 1. The average Bonchev–Trinajstić information content (AvgIpc) is 2.78. The number of ether oxygens (including phenoxy) is 1. The van der Waals surface area contributed by atoms with Crippen molar-refractivity contribution in [2.45, 2.75) is 26.0 Å². The summed E-state index contributed by atoms with van der Waals surface area (Å²) in [6.45, 7) is 6.87. The molecule has 1 N–H and O–H groups in total. The monoisotopic (exact) mass is 255 g/mol. The summed E-state index contributed by atoms with van der Waals surface area (Å²) in [6.07, 6.45) is 1.33. The van der Waals surface area contributed by atoms with Crippen molar-refractivity contribution in [2.75, 3.05) is 33.3 Å².